The van der Waals surface area contributed by atoms with Crippen molar-refractivity contribution in [3.05, 3.63) is 12.2 Å². The summed E-state index contributed by atoms with van der Waals surface area (Å²) in [5.41, 5.74) is -0.404. The highest BCUT2D eigenvalue weighted by atomic mass is 16.6. The number of ketones is 2. The topological polar surface area (TPSA) is 46.7 Å². The maximum Gasteiger partial charge on any atom is 0.155 e. The molecule has 1 fully saturated rings. The van der Waals surface area contributed by atoms with Gasteiger partial charge in [-0.25, -0.2) is 0 Å². The van der Waals surface area contributed by atoms with E-state index in [0.717, 1.165) is 6.42 Å². The van der Waals surface area contributed by atoms with Crippen LogP contribution < -0.4 is 0 Å². The molecule has 2 atom stereocenters. The van der Waals surface area contributed by atoms with Crippen LogP contribution in [0.3, 0.4) is 0 Å². The number of hydrogen-bond acceptors (Lipinski definition) is 3. The molecule has 0 saturated carbocycles. The van der Waals surface area contributed by atoms with Crippen molar-refractivity contribution < 1.29 is 14.3 Å². The fourth-order valence-corrected chi connectivity index (χ4v) is 2.76. The van der Waals surface area contributed by atoms with Gasteiger partial charge in [0.1, 0.15) is 11.9 Å². The van der Waals surface area contributed by atoms with Gasteiger partial charge in [0.15, 0.2) is 5.78 Å². The summed E-state index contributed by atoms with van der Waals surface area (Å²) in [5.74, 6) is 0.231. The first-order valence-corrected chi connectivity index (χ1v) is 9.74. The molecular formula is C21H36O3. The van der Waals surface area contributed by atoms with Crippen molar-refractivity contribution in [2.24, 2.45) is 5.41 Å². The lowest BCUT2D eigenvalue weighted by Gasteiger charge is -2.19. The molecule has 3 nitrogen and oxygen atoms in total. The number of Topliss-reactive ketones (excluding diaryl/α,β-unsaturated/α-hetero) is 1. The molecule has 0 aromatic carbocycles. The molecule has 3 heteroatoms. The molecule has 1 aliphatic rings. The monoisotopic (exact) mass is 336 g/mol. The maximum absolute atomic E-state index is 11.9. The third-order valence-electron chi connectivity index (χ3n) is 5.14. The average molecular weight is 337 g/mol. The summed E-state index contributed by atoms with van der Waals surface area (Å²) in [4.78, 5) is 23.3. The van der Waals surface area contributed by atoms with Crippen molar-refractivity contribution in [3.63, 3.8) is 0 Å². The first-order valence-electron chi connectivity index (χ1n) is 9.74. The van der Waals surface area contributed by atoms with E-state index in [4.69, 9.17) is 4.74 Å². The quantitative estimate of drug-likeness (QED) is 0.242. The highest BCUT2D eigenvalue weighted by Gasteiger charge is 2.35. The van der Waals surface area contributed by atoms with Crippen LogP contribution in [0.25, 0.3) is 0 Å². The summed E-state index contributed by atoms with van der Waals surface area (Å²) >= 11 is 0. The molecule has 0 amide bonds. The van der Waals surface area contributed by atoms with Crippen molar-refractivity contribution >= 4 is 11.6 Å². The van der Waals surface area contributed by atoms with E-state index in [0.29, 0.717) is 18.9 Å². The third kappa shape index (κ3) is 8.77. The van der Waals surface area contributed by atoms with E-state index in [1.807, 2.05) is 19.9 Å². The highest BCUT2D eigenvalue weighted by Crippen LogP contribution is 2.29. The zero-order valence-corrected chi connectivity index (χ0v) is 16.1. The molecule has 2 unspecified atom stereocenters. The molecule has 1 rings (SSSR count). The first-order chi connectivity index (χ1) is 11.4. The Labute approximate surface area is 148 Å². The van der Waals surface area contributed by atoms with Gasteiger partial charge in [-0.2, -0.15) is 0 Å². The zero-order chi connectivity index (χ0) is 18.0. The lowest BCUT2D eigenvalue weighted by Crippen LogP contribution is -2.22. The number of carbonyl (C=O) groups excluding carboxylic acids is 2. The summed E-state index contributed by atoms with van der Waals surface area (Å²) in [7, 11) is 0. The number of unbranched alkanes of at least 4 members (excludes halogenated alkanes) is 6. The van der Waals surface area contributed by atoms with Crippen LogP contribution in [-0.2, 0) is 14.3 Å². The summed E-state index contributed by atoms with van der Waals surface area (Å²) in [6.45, 7) is 7.63. The van der Waals surface area contributed by atoms with Gasteiger partial charge in [-0.15, -0.1) is 0 Å². The van der Waals surface area contributed by atoms with Crippen LogP contribution >= 0.6 is 0 Å². The van der Waals surface area contributed by atoms with Crippen molar-refractivity contribution in [2.75, 3.05) is 0 Å². The molecule has 1 saturated heterocycles. The fraction of sp³-hybridized carbons (Fsp3) is 0.810. The summed E-state index contributed by atoms with van der Waals surface area (Å²) in [6, 6.07) is 0. The van der Waals surface area contributed by atoms with Crippen LogP contribution in [0.15, 0.2) is 12.2 Å². The van der Waals surface area contributed by atoms with Crippen LogP contribution in [0, 0.1) is 5.41 Å². The molecule has 1 heterocycles. The van der Waals surface area contributed by atoms with Crippen LogP contribution in [0.2, 0.25) is 0 Å². The molecule has 0 spiro atoms. The second-order valence-electron chi connectivity index (χ2n) is 7.81. The van der Waals surface area contributed by atoms with Crippen LogP contribution in [-0.4, -0.2) is 23.8 Å². The van der Waals surface area contributed by atoms with Crippen molar-refractivity contribution in [1.82, 2.24) is 0 Å². The number of hydrogen-bond donors (Lipinski definition) is 0. The molecule has 0 N–H and O–H groups in total. The Hall–Kier alpha value is -0.960. The average Bonchev–Trinajstić information content (AvgIpc) is 3.28. The second kappa shape index (κ2) is 10.8. The predicted octanol–water partition coefficient (Wildman–Crippen LogP) is 5.42. The first kappa shape index (κ1) is 21.1. The van der Waals surface area contributed by atoms with Gasteiger partial charge >= 0.3 is 0 Å². The van der Waals surface area contributed by atoms with Crippen molar-refractivity contribution in [2.45, 2.75) is 104 Å². The fourth-order valence-electron chi connectivity index (χ4n) is 2.76. The van der Waals surface area contributed by atoms with Gasteiger partial charge in [0.25, 0.3) is 0 Å². The minimum Gasteiger partial charge on any atom is -0.365 e. The van der Waals surface area contributed by atoms with E-state index >= 15 is 0 Å². The van der Waals surface area contributed by atoms with E-state index in [9.17, 15) is 9.59 Å². The van der Waals surface area contributed by atoms with E-state index in [-0.39, 0.29) is 17.7 Å². The summed E-state index contributed by atoms with van der Waals surface area (Å²) < 4.78 is 5.60. The van der Waals surface area contributed by atoms with E-state index in [1.165, 1.54) is 44.9 Å². The SMILES string of the molecule is CCCCCCCCCC1OC1/C=C/C(=O)CCC(C)(C)C(C)=O. The van der Waals surface area contributed by atoms with Gasteiger partial charge in [-0.05, 0) is 31.9 Å². The Morgan fingerprint density at radius 1 is 1.04 bits per heavy atom. The van der Waals surface area contributed by atoms with Crippen molar-refractivity contribution in [1.29, 1.82) is 0 Å². The molecule has 0 aliphatic carbocycles. The Morgan fingerprint density at radius 2 is 1.67 bits per heavy atom. The Balaban J connectivity index is 2.07. The van der Waals surface area contributed by atoms with Gasteiger partial charge in [0.05, 0.1) is 6.10 Å². The number of allylic oxidation sites excluding steroid dienone is 1. The molecule has 138 valence electrons. The standard InChI is InChI=1S/C21H36O3/c1-5-6-7-8-9-10-11-12-19-20(24-19)14-13-18(23)15-16-21(3,4)17(2)22/h13-14,19-20H,5-12,15-16H2,1-4H3/b14-13+. The van der Waals surface area contributed by atoms with E-state index in [2.05, 4.69) is 6.92 Å². The molecule has 0 bridgehead atoms. The molecule has 24 heavy (non-hydrogen) atoms. The predicted molar refractivity (Wildman–Crippen MR) is 99.1 cm³/mol. The summed E-state index contributed by atoms with van der Waals surface area (Å²) in [6.07, 6.45) is 15.4. The molecule has 0 aromatic rings. The van der Waals surface area contributed by atoms with Gasteiger partial charge in [-0.3, -0.25) is 9.59 Å². The summed E-state index contributed by atoms with van der Waals surface area (Å²) in [5, 5.41) is 0. The van der Waals surface area contributed by atoms with E-state index in [1.54, 1.807) is 13.0 Å². The van der Waals surface area contributed by atoms with Crippen LogP contribution in [0.5, 0.6) is 0 Å². The van der Waals surface area contributed by atoms with Crippen molar-refractivity contribution in [3.8, 4) is 0 Å². The number of epoxide rings is 1. The Bertz CT molecular complexity index is 423. The third-order valence-corrected chi connectivity index (χ3v) is 5.14. The smallest absolute Gasteiger partial charge is 0.155 e. The van der Waals surface area contributed by atoms with Crippen LogP contribution in [0.4, 0.5) is 0 Å². The lowest BCUT2D eigenvalue weighted by molar-refractivity contribution is -0.125. The number of carbonyl (C=O) groups is 2. The maximum atomic E-state index is 11.9. The Kier molecular flexibility index (Phi) is 9.50. The van der Waals surface area contributed by atoms with Gasteiger partial charge in [0, 0.05) is 11.8 Å². The van der Waals surface area contributed by atoms with Gasteiger partial charge < -0.3 is 4.74 Å². The minimum atomic E-state index is -0.404. The number of rotatable bonds is 14. The largest absolute Gasteiger partial charge is 0.365 e. The van der Waals surface area contributed by atoms with Gasteiger partial charge in [0.2, 0.25) is 0 Å². The normalized spacial score (nSPS) is 20.5. The molecular weight excluding hydrogens is 300 g/mol. The molecule has 0 radical (unpaired) electrons. The van der Waals surface area contributed by atoms with Crippen LogP contribution in [0.1, 0.15) is 91.9 Å². The number of ether oxygens (including phenoxy) is 1. The lowest BCUT2D eigenvalue weighted by atomic mass is 9.83. The molecule has 1 aliphatic heterocycles. The van der Waals surface area contributed by atoms with E-state index < -0.39 is 5.41 Å². The molecule has 0 aromatic heterocycles. The second-order valence-corrected chi connectivity index (χ2v) is 7.81. The zero-order valence-electron chi connectivity index (χ0n) is 16.1. The highest BCUT2D eigenvalue weighted by molar-refractivity contribution is 5.90. The Morgan fingerprint density at radius 3 is 2.29 bits per heavy atom. The minimum absolute atomic E-state index is 0.0921. The van der Waals surface area contributed by atoms with Gasteiger partial charge in [-0.1, -0.05) is 65.7 Å².